The summed E-state index contributed by atoms with van der Waals surface area (Å²) in [6, 6.07) is 1.27. The van der Waals surface area contributed by atoms with Crippen molar-refractivity contribution in [2.75, 3.05) is 6.26 Å². The van der Waals surface area contributed by atoms with Gasteiger partial charge in [-0.15, -0.1) is 0 Å². The van der Waals surface area contributed by atoms with Crippen molar-refractivity contribution >= 4 is 15.5 Å². The average molecular weight is 269 g/mol. The number of benzene rings is 1. The van der Waals surface area contributed by atoms with Gasteiger partial charge in [0.25, 0.3) is 5.69 Å². The molecule has 0 bridgehead atoms. The summed E-state index contributed by atoms with van der Waals surface area (Å²) in [5, 5.41) is 10.5. The molecule has 0 atom stereocenters. The molecule has 0 aromatic heterocycles. The van der Waals surface area contributed by atoms with Gasteiger partial charge >= 0.3 is 6.18 Å². The van der Waals surface area contributed by atoms with Crippen LogP contribution < -0.4 is 0 Å². The molecule has 0 spiro atoms. The van der Waals surface area contributed by atoms with Crippen molar-refractivity contribution in [2.24, 2.45) is 0 Å². The first kappa shape index (κ1) is 13.4. The molecule has 5 nitrogen and oxygen atoms in total. The molecule has 0 amide bonds. The lowest BCUT2D eigenvalue weighted by Crippen LogP contribution is -2.08. The number of halogens is 3. The van der Waals surface area contributed by atoms with Crippen molar-refractivity contribution in [2.45, 2.75) is 11.1 Å². The average Bonchev–Trinajstić information content (AvgIpc) is 2.14. The Morgan fingerprint density at radius 2 is 1.82 bits per heavy atom. The van der Waals surface area contributed by atoms with Crippen molar-refractivity contribution in [3.05, 3.63) is 33.9 Å². The predicted octanol–water partition coefficient (Wildman–Crippen LogP) is 2.02. The van der Waals surface area contributed by atoms with Crippen LogP contribution in [0.2, 0.25) is 0 Å². The number of alkyl halides is 3. The number of nitro benzene ring substituents is 1. The van der Waals surface area contributed by atoms with E-state index in [4.69, 9.17) is 0 Å². The monoisotopic (exact) mass is 269 g/mol. The van der Waals surface area contributed by atoms with Crippen LogP contribution in [0.4, 0.5) is 18.9 Å². The first-order chi connectivity index (χ1) is 7.53. The van der Waals surface area contributed by atoms with Crippen LogP contribution in [0.15, 0.2) is 23.1 Å². The molecule has 1 aromatic rings. The molecule has 0 fully saturated rings. The maximum absolute atomic E-state index is 12.3. The van der Waals surface area contributed by atoms with Crippen LogP contribution in [-0.4, -0.2) is 19.6 Å². The van der Waals surface area contributed by atoms with E-state index in [9.17, 15) is 31.7 Å². The summed E-state index contributed by atoms with van der Waals surface area (Å²) in [7, 11) is -3.95. The fourth-order valence-corrected chi connectivity index (χ4v) is 1.98. The molecule has 0 N–H and O–H groups in total. The first-order valence-electron chi connectivity index (χ1n) is 4.09. The van der Waals surface area contributed by atoms with Gasteiger partial charge in [-0.3, -0.25) is 10.1 Å². The number of nitro groups is 1. The molecule has 0 aliphatic rings. The summed E-state index contributed by atoms with van der Waals surface area (Å²) in [4.78, 5) is 8.62. The largest absolute Gasteiger partial charge is 0.416 e. The maximum Gasteiger partial charge on any atom is 0.416 e. The van der Waals surface area contributed by atoms with E-state index in [1.165, 1.54) is 0 Å². The molecule has 9 heteroatoms. The smallest absolute Gasteiger partial charge is 0.258 e. The summed E-state index contributed by atoms with van der Waals surface area (Å²) < 4.78 is 59.1. The Hall–Kier alpha value is -1.64. The lowest BCUT2D eigenvalue weighted by Gasteiger charge is -2.07. The SMILES string of the molecule is CS(=O)(=O)c1ccc(C(F)(F)F)cc1[N+](=O)[O-]. The normalized spacial score (nSPS) is 12.5. The Labute approximate surface area is 93.9 Å². The summed E-state index contributed by atoms with van der Waals surface area (Å²) in [5.41, 5.74) is -2.35. The predicted molar refractivity (Wildman–Crippen MR) is 51.2 cm³/mol. The molecule has 0 aliphatic carbocycles. The van der Waals surface area contributed by atoms with Crippen LogP contribution in [0.1, 0.15) is 5.56 Å². The van der Waals surface area contributed by atoms with Gasteiger partial charge in [0.15, 0.2) is 9.84 Å². The van der Waals surface area contributed by atoms with E-state index in [2.05, 4.69) is 0 Å². The Kier molecular flexibility index (Phi) is 3.15. The van der Waals surface area contributed by atoms with E-state index in [0.29, 0.717) is 18.4 Å². The molecule has 0 aliphatic heterocycles. The van der Waals surface area contributed by atoms with Crippen LogP contribution in [0, 0.1) is 10.1 Å². The first-order valence-corrected chi connectivity index (χ1v) is 5.98. The molecule has 0 saturated carbocycles. The van der Waals surface area contributed by atoms with Gasteiger partial charge in [0.1, 0.15) is 4.90 Å². The number of nitrogens with zero attached hydrogens (tertiary/aromatic N) is 1. The minimum Gasteiger partial charge on any atom is -0.258 e. The number of rotatable bonds is 2. The molecule has 0 saturated heterocycles. The second-order valence-corrected chi connectivity index (χ2v) is 5.19. The van der Waals surface area contributed by atoms with Gasteiger partial charge in [0.05, 0.1) is 10.5 Å². The van der Waals surface area contributed by atoms with Crippen LogP contribution in [0.25, 0.3) is 0 Å². The zero-order valence-electron chi connectivity index (χ0n) is 8.35. The lowest BCUT2D eigenvalue weighted by molar-refractivity contribution is -0.388. The zero-order chi connectivity index (χ0) is 13.4. The molecule has 0 radical (unpaired) electrons. The van der Waals surface area contributed by atoms with Crippen LogP contribution in [0.5, 0.6) is 0 Å². The zero-order valence-corrected chi connectivity index (χ0v) is 9.17. The fraction of sp³-hybridized carbons (Fsp3) is 0.250. The van der Waals surface area contributed by atoms with E-state index in [0.717, 1.165) is 0 Å². The minimum absolute atomic E-state index is 0.205. The Morgan fingerprint density at radius 1 is 1.29 bits per heavy atom. The van der Waals surface area contributed by atoms with Crippen molar-refractivity contribution in [3.63, 3.8) is 0 Å². The quantitative estimate of drug-likeness (QED) is 0.607. The Bertz CT molecular complexity index is 565. The highest BCUT2D eigenvalue weighted by Gasteiger charge is 2.34. The van der Waals surface area contributed by atoms with E-state index >= 15 is 0 Å². The highest BCUT2D eigenvalue weighted by Crippen LogP contribution is 2.34. The van der Waals surface area contributed by atoms with Gasteiger partial charge in [0, 0.05) is 12.3 Å². The number of sulfone groups is 1. The fourth-order valence-electron chi connectivity index (χ4n) is 1.15. The van der Waals surface area contributed by atoms with Crippen LogP contribution >= 0.6 is 0 Å². The number of hydrogen-bond donors (Lipinski definition) is 0. The van der Waals surface area contributed by atoms with Crippen molar-refractivity contribution in [1.82, 2.24) is 0 Å². The van der Waals surface area contributed by atoms with Gasteiger partial charge in [-0.25, -0.2) is 8.42 Å². The third kappa shape index (κ3) is 2.93. The summed E-state index contributed by atoms with van der Waals surface area (Å²) in [5.74, 6) is 0. The van der Waals surface area contributed by atoms with Crippen LogP contribution in [0.3, 0.4) is 0 Å². The van der Waals surface area contributed by atoms with Crippen LogP contribution in [-0.2, 0) is 16.0 Å². The van der Waals surface area contributed by atoms with E-state index in [1.807, 2.05) is 0 Å². The third-order valence-corrected chi connectivity index (χ3v) is 3.03. The third-order valence-electron chi connectivity index (χ3n) is 1.88. The molecule has 94 valence electrons. The molecule has 0 unspecified atom stereocenters. The van der Waals surface area contributed by atoms with E-state index in [1.54, 1.807) is 0 Å². The summed E-state index contributed by atoms with van der Waals surface area (Å²) >= 11 is 0. The topological polar surface area (TPSA) is 77.3 Å². The summed E-state index contributed by atoms with van der Waals surface area (Å²) in [6.45, 7) is 0. The molecular formula is C8H6F3NO4S. The van der Waals surface area contributed by atoms with E-state index in [-0.39, 0.29) is 6.07 Å². The molecule has 1 aromatic carbocycles. The molecule has 17 heavy (non-hydrogen) atoms. The second-order valence-electron chi connectivity index (χ2n) is 3.21. The molecule has 0 heterocycles. The van der Waals surface area contributed by atoms with Gasteiger partial charge in [0.2, 0.25) is 0 Å². The highest BCUT2D eigenvalue weighted by molar-refractivity contribution is 7.90. The van der Waals surface area contributed by atoms with Crippen molar-refractivity contribution < 1.29 is 26.5 Å². The highest BCUT2D eigenvalue weighted by atomic mass is 32.2. The Balaban J connectivity index is 3.55. The van der Waals surface area contributed by atoms with Gasteiger partial charge < -0.3 is 0 Å². The second kappa shape index (κ2) is 3.99. The Morgan fingerprint density at radius 3 is 2.18 bits per heavy atom. The standard InChI is InChI=1S/C8H6F3NO4S/c1-17(15,16)7-3-2-5(8(9,10)11)4-6(7)12(13)14/h2-4H,1H3. The molecular weight excluding hydrogens is 263 g/mol. The summed E-state index contributed by atoms with van der Waals surface area (Å²) in [6.07, 6.45) is -4.08. The van der Waals surface area contributed by atoms with Crippen molar-refractivity contribution in [1.29, 1.82) is 0 Å². The van der Waals surface area contributed by atoms with Crippen molar-refractivity contribution in [3.8, 4) is 0 Å². The van der Waals surface area contributed by atoms with E-state index < -0.39 is 37.1 Å². The maximum atomic E-state index is 12.3. The molecule has 1 rings (SSSR count). The lowest BCUT2D eigenvalue weighted by atomic mass is 10.2. The minimum atomic E-state index is -4.76. The van der Waals surface area contributed by atoms with Gasteiger partial charge in [-0.05, 0) is 12.1 Å². The number of hydrogen-bond acceptors (Lipinski definition) is 4. The van der Waals surface area contributed by atoms with Gasteiger partial charge in [-0.2, -0.15) is 13.2 Å². The van der Waals surface area contributed by atoms with Gasteiger partial charge in [-0.1, -0.05) is 0 Å².